The Morgan fingerprint density at radius 1 is 1.20 bits per heavy atom. The number of pyridine rings is 1. The Morgan fingerprint density at radius 3 is 2.75 bits per heavy atom. The molecule has 0 amide bonds. The third-order valence-electron chi connectivity index (χ3n) is 3.10. The second-order valence-electron chi connectivity index (χ2n) is 4.81. The summed E-state index contributed by atoms with van der Waals surface area (Å²) >= 11 is 13.9. The molecule has 1 fully saturated rings. The Balaban J connectivity index is 1.71. The van der Waals surface area contributed by atoms with Crippen LogP contribution in [0.3, 0.4) is 0 Å². The van der Waals surface area contributed by atoms with Gasteiger partial charge in [-0.1, -0.05) is 41.0 Å². The topological polar surface area (TPSA) is 24.9 Å². The van der Waals surface area contributed by atoms with Crippen LogP contribution in [0.15, 0.2) is 46.5 Å². The van der Waals surface area contributed by atoms with Crippen LogP contribution in [0.4, 0.5) is 0 Å². The molecule has 1 aliphatic rings. The van der Waals surface area contributed by atoms with E-state index in [0.29, 0.717) is 11.1 Å². The minimum atomic E-state index is 0.646. The lowest BCUT2D eigenvalue weighted by molar-refractivity contribution is 0.687. The van der Waals surface area contributed by atoms with Gasteiger partial charge in [-0.05, 0) is 42.7 Å². The number of halogens is 2. The fourth-order valence-corrected chi connectivity index (χ4v) is 3.17. The minimum absolute atomic E-state index is 0.646. The van der Waals surface area contributed by atoms with E-state index < -0.39 is 0 Å². The number of aromatic nitrogens is 1. The fourth-order valence-electron chi connectivity index (χ4n) is 1.84. The fraction of sp³-hybridized carbons (Fsp3) is 0.267. The van der Waals surface area contributed by atoms with Gasteiger partial charge in [-0.25, -0.2) is 4.98 Å². The van der Waals surface area contributed by atoms with Crippen LogP contribution in [0.25, 0.3) is 0 Å². The molecule has 1 saturated carbocycles. The van der Waals surface area contributed by atoms with Crippen LogP contribution in [-0.2, 0) is 6.54 Å². The highest BCUT2D eigenvalue weighted by atomic mass is 35.5. The van der Waals surface area contributed by atoms with E-state index >= 15 is 0 Å². The minimum Gasteiger partial charge on any atom is -0.310 e. The van der Waals surface area contributed by atoms with Crippen LogP contribution < -0.4 is 5.32 Å². The van der Waals surface area contributed by atoms with Crippen LogP contribution in [0.5, 0.6) is 0 Å². The smallest absolute Gasteiger partial charge is 0.119 e. The largest absolute Gasteiger partial charge is 0.310 e. The standard InChI is InChI=1S/C15H14Cl2N2S/c16-12-2-1-7-18-15(12)20-14-6-3-10(8-13(14)17)9-19-11-4-5-11/h1-3,6-8,11,19H,4-5,9H2. The van der Waals surface area contributed by atoms with Crippen LogP contribution in [-0.4, -0.2) is 11.0 Å². The van der Waals surface area contributed by atoms with Crippen LogP contribution in [0, 0.1) is 0 Å². The summed E-state index contributed by atoms with van der Waals surface area (Å²) in [5, 5.41) is 5.65. The quantitative estimate of drug-likeness (QED) is 0.855. The summed E-state index contributed by atoms with van der Waals surface area (Å²) in [6.07, 6.45) is 4.32. The highest BCUT2D eigenvalue weighted by molar-refractivity contribution is 7.99. The molecule has 20 heavy (non-hydrogen) atoms. The Hall–Kier alpha value is -0.740. The first-order valence-corrected chi connectivity index (χ1v) is 8.10. The molecular formula is C15H14Cl2N2S. The average molecular weight is 325 g/mol. The van der Waals surface area contributed by atoms with Crippen molar-refractivity contribution in [2.45, 2.75) is 35.3 Å². The summed E-state index contributed by atoms with van der Waals surface area (Å²) in [5.74, 6) is 0. The number of hydrogen-bond donors (Lipinski definition) is 1. The zero-order chi connectivity index (χ0) is 13.9. The summed E-state index contributed by atoms with van der Waals surface area (Å²) in [6, 6.07) is 10.5. The molecule has 0 spiro atoms. The maximum Gasteiger partial charge on any atom is 0.119 e. The zero-order valence-electron chi connectivity index (χ0n) is 10.8. The van der Waals surface area contributed by atoms with Gasteiger partial charge in [0.25, 0.3) is 0 Å². The maximum atomic E-state index is 6.34. The van der Waals surface area contributed by atoms with Crippen molar-refractivity contribution in [1.29, 1.82) is 0 Å². The van der Waals surface area contributed by atoms with Gasteiger partial charge in [0.15, 0.2) is 0 Å². The summed E-state index contributed by atoms with van der Waals surface area (Å²) < 4.78 is 0. The molecule has 0 aliphatic heterocycles. The van der Waals surface area contributed by atoms with Crippen molar-refractivity contribution in [3.63, 3.8) is 0 Å². The third kappa shape index (κ3) is 3.67. The molecule has 0 atom stereocenters. The van der Waals surface area contributed by atoms with E-state index in [1.54, 1.807) is 6.20 Å². The summed E-state index contributed by atoms with van der Waals surface area (Å²) in [6.45, 7) is 0.875. The first-order chi connectivity index (χ1) is 9.72. The van der Waals surface area contributed by atoms with Gasteiger partial charge >= 0.3 is 0 Å². The molecule has 1 aromatic heterocycles. The second kappa shape index (κ2) is 6.35. The van der Waals surface area contributed by atoms with Crippen LogP contribution >= 0.6 is 35.0 Å². The van der Waals surface area contributed by atoms with E-state index in [9.17, 15) is 0 Å². The maximum absolute atomic E-state index is 6.34. The first-order valence-electron chi connectivity index (χ1n) is 6.52. The molecule has 0 radical (unpaired) electrons. The van der Waals surface area contributed by atoms with Crippen molar-refractivity contribution >= 4 is 35.0 Å². The monoisotopic (exact) mass is 324 g/mol. The molecule has 0 saturated heterocycles. The lowest BCUT2D eigenvalue weighted by Gasteiger charge is -2.08. The van der Waals surface area contributed by atoms with E-state index in [-0.39, 0.29) is 0 Å². The zero-order valence-corrected chi connectivity index (χ0v) is 13.1. The van der Waals surface area contributed by atoms with Gasteiger partial charge < -0.3 is 5.32 Å². The summed E-state index contributed by atoms with van der Waals surface area (Å²) in [5.41, 5.74) is 1.21. The molecule has 1 heterocycles. The molecular weight excluding hydrogens is 311 g/mol. The molecule has 3 rings (SSSR count). The molecule has 2 aromatic rings. The molecule has 1 aliphatic carbocycles. The summed E-state index contributed by atoms with van der Waals surface area (Å²) in [7, 11) is 0. The van der Waals surface area contributed by atoms with Crippen molar-refractivity contribution in [1.82, 2.24) is 10.3 Å². The number of rotatable bonds is 5. The van der Waals surface area contributed by atoms with Gasteiger partial charge in [0.2, 0.25) is 0 Å². The van der Waals surface area contributed by atoms with Crippen molar-refractivity contribution in [2.75, 3.05) is 0 Å². The van der Waals surface area contributed by atoms with Gasteiger partial charge in [-0.15, -0.1) is 0 Å². The van der Waals surface area contributed by atoms with Crippen molar-refractivity contribution in [2.24, 2.45) is 0 Å². The number of hydrogen-bond acceptors (Lipinski definition) is 3. The van der Waals surface area contributed by atoms with Crippen molar-refractivity contribution < 1.29 is 0 Å². The predicted molar refractivity (Wildman–Crippen MR) is 84.7 cm³/mol. The number of nitrogens with zero attached hydrogens (tertiary/aromatic N) is 1. The third-order valence-corrected chi connectivity index (χ3v) is 5.04. The Labute approximate surface area is 132 Å². The molecule has 1 aromatic carbocycles. The normalized spacial score (nSPS) is 14.5. The van der Waals surface area contributed by atoms with E-state index in [2.05, 4.69) is 16.4 Å². The van der Waals surface area contributed by atoms with Gasteiger partial charge in [0.05, 0.1) is 10.0 Å². The van der Waals surface area contributed by atoms with Gasteiger partial charge in [-0.2, -0.15) is 0 Å². The van der Waals surface area contributed by atoms with Crippen LogP contribution in [0.1, 0.15) is 18.4 Å². The molecule has 104 valence electrons. The lowest BCUT2D eigenvalue weighted by atomic mass is 10.2. The van der Waals surface area contributed by atoms with Gasteiger partial charge in [0, 0.05) is 23.7 Å². The van der Waals surface area contributed by atoms with Crippen molar-refractivity contribution in [3.05, 3.63) is 52.1 Å². The number of nitrogens with one attached hydrogen (secondary N) is 1. The van der Waals surface area contributed by atoms with E-state index in [0.717, 1.165) is 21.5 Å². The number of benzene rings is 1. The lowest BCUT2D eigenvalue weighted by Crippen LogP contribution is -2.15. The molecule has 0 unspecified atom stereocenters. The molecule has 5 heteroatoms. The van der Waals surface area contributed by atoms with Crippen LogP contribution in [0.2, 0.25) is 10.0 Å². The Kier molecular flexibility index (Phi) is 4.51. The van der Waals surface area contributed by atoms with Gasteiger partial charge in [0.1, 0.15) is 5.03 Å². The average Bonchev–Trinajstić information content (AvgIpc) is 3.26. The highest BCUT2D eigenvalue weighted by Gasteiger charge is 2.20. The van der Waals surface area contributed by atoms with Gasteiger partial charge in [-0.3, -0.25) is 0 Å². The van der Waals surface area contributed by atoms with E-state index in [4.69, 9.17) is 23.2 Å². The summed E-state index contributed by atoms with van der Waals surface area (Å²) in [4.78, 5) is 5.24. The highest BCUT2D eigenvalue weighted by Crippen LogP contribution is 2.36. The Morgan fingerprint density at radius 2 is 2.05 bits per heavy atom. The van der Waals surface area contributed by atoms with E-state index in [1.165, 1.54) is 30.2 Å². The molecule has 1 N–H and O–H groups in total. The first kappa shape index (κ1) is 14.2. The molecule has 2 nitrogen and oxygen atoms in total. The predicted octanol–water partition coefficient (Wildman–Crippen LogP) is 4.79. The second-order valence-corrected chi connectivity index (χ2v) is 6.66. The van der Waals surface area contributed by atoms with Crippen molar-refractivity contribution in [3.8, 4) is 0 Å². The Bertz CT molecular complexity index is 615. The SMILES string of the molecule is Clc1cc(CNC2CC2)ccc1Sc1ncccc1Cl. The van der Waals surface area contributed by atoms with E-state index in [1.807, 2.05) is 24.3 Å². The molecule has 0 bridgehead atoms.